The smallest absolute Gasteiger partial charge is 0.255 e. The summed E-state index contributed by atoms with van der Waals surface area (Å²) < 4.78 is 17.6. The van der Waals surface area contributed by atoms with Gasteiger partial charge in [-0.05, 0) is 35.7 Å². The van der Waals surface area contributed by atoms with Gasteiger partial charge in [0.1, 0.15) is 12.4 Å². The van der Waals surface area contributed by atoms with Crippen molar-refractivity contribution >= 4 is 5.91 Å². The quantitative estimate of drug-likeness (QED) is 0.397. The largest absolute Gasteiger partial charge is 0.480 e. The predicted octanol–water partition coefficient (Wildman–Crippen LogP) is 3.47. The maximum absolute atomic E-state index is 12.9. The molecule has 1 aromatic carbocycles. The lowest BCUT2D eigenvalue weighted by Crippen LogP contribution is -2.24. The van der Waals surface area contributed by atoms with Crippen LogP contribution in [0.1, 0.15) is 39.9 Å². The molecule has 0 aliphatic rings. The average molecular weight is 447 g/mol. The summed E-state index contributed by atoms with van der Waals surface area (Å²) in [4.78, 5) is 12.9. The van der Waals surface area contributed by atoms with Gasteiger partial charge in [-0.25, -0.2) is 4.68 Å². The fraction of sp³-hybridized carbons (Fsp3) is 0.250. The lowest BCUT2D eigenvalue weighted by Gasteiger charge is -2.09. The number of ether oxygens (including phenoxy) is 2. The molecule has 33 heavy (non-hydrogen) atoms. The molecule has 0 saturated carbocycles. The van der Waals surface area contributed by atoms with Crippen LogP contribution in [-0.2, 0) is 30.9 Å². The van der Waals surface area contributed by atoms with Gasteiger partial charge >= 0.3 is 0 Å². The number of methoxy groups -OCH3 is 1. The van der Waals surface area contributed by atoms with E-state index in [1.807, 2.05) is 43.3 Å². The van der Waals surface area contributed by atoms with Crippen LogP contribution in [0.4, 0.5) is 0 Å². The molecule has 3 heterocycles. The van der Waals surface area contributed by atoms with Crippen LogP contribution in [0.25, 0.3) is 5.82 Å². The van der Waals surface area contributed by atoms with Crippen LogP contribution >= 0.6 is 0 Å². The topological polar surface area (TPSA) is 104 Å². The van der Waals surface area contributed by atoms with Crippen molar-refractivity contribution < 1.29 is 18.7 Å². The number of hydrogen-bond acceptors (Lipinski definition) is 7. The summed E-state index contributed by atoms with van der Waals surface area (Å²) in [5, 5.41) is 15.4. The molecule has 0 aliphatic carbocycles. The molecule has 170 valence electrons. The van der Waals surface area contributed by atoms with Gasteiger partial charge in [0.15, 0.2) is 5.82 Å². The third-order valence-electron chi connectivity index (χ3n) is 5.04. The van der Waals surface area contributed by atoms with Crippen molar-refractivity contribution in [2.45, 2.75) is 33.1 Å². The molecular weight excluding hydrogens is 422 g/mol. The number of hydrogen-bond donors (Lipinski definition) is 1. The van der Waals surface area contributed by atoms with E-state index in [9.17, 15) is 4.79 Å². The van der Waals surface area contributed by atoms with E-state index in [0.717, 1.165) is 22.6 Å². The summed E-state index contributed by atoms with van der Waals surface area (Å²) in [5.41, 5.74) is 3.27. The standard InChI is InChI=1S/C24H25N5O4/c1-3-21-20(14-26-29(21)22-9-10-23(31-2)28-27-22)24(30)25-13-17-6-4-7-18(12-17)15-32-16-19-8-5-11-33-19/h4-12,14H,3,13,15-16H2,1-2H3,(H,25,30). The Kier molecular flexibility index (Phi) is 7.11. The number of benzene rings is 1. The first-order valence-corrected chi connectivity index (χ1v) is 10.6. The Morgan fingerprint density at radius 2 is 1.97 bits per heavy atom. The maximum atomic E-state index is 12.9. The van der Waals surface area contributed by atoms with Gasteiger partial charge in [-0.15, -0.1) is 10.2 Å². The Morgan fingerprint density at radius 1 is 1.09 bits per heavy atom. The van der Waals surface area contributed by atoms with E-state index in [1.165, 1.54) is 7.11 Å². The van der Waals surface area contributed by atoms with Gasteiger partial charge in [-0.2, -0.15) is 5.10 Å². The van der Waals surface area contributed by atoms with Gasteiger partial charge < -0.3 is 19.2 Å². The van der Waals surface area contributed by atoms with Crippen molar-refractivity contribution in [2.75, 3.05) is 7.11 Å². The molecule has 0 atom stereocenters. The average Bonchev–Trinajstić information content (AvgIpc) is 3.53. The van der Waals surface area contributed by atoms with Crippen LogP contribution in [0.3, 0.4) is 0 Å². The van der Waals surface area contributed by atoms with Crippen molar-refractivity contribution in [1.82, 2.24) is 25.3 Å². The Bertz CT molecular complexity index is 1190. The van der Waals surface area contributed by atoms with Gasteiger partial charge in [0.25, 0.3) is 5.91 Å². The van der Waals surface area contributed by atoms with E-state index in [2.05, 4.69) is 20.6 Å². The molecular formula is C24H25N5O4. The van der Waals surface area contributed by atoms with Gasteiger partial charge in [0.05, 0.1) is 37.4 Å². The lowest BCUT2D eigenvalue weighted by atomic mass is 10.1. The molecule has 3 aromatic heterocycles. The third-order valence-corrected chi connectivity index (χ3v) is 5.04. The predicted molar refractivity (Wildman–Crippen MR) is 120 cm³/mol. The van der Waals surface area contributed by atoms with Gasteiger partial charge in [0, 0.05) is 12.6 Å². The number of aromatic nitrogens is 4. The molecule has 0 aliphatic heterocycles. The highest BCUT2D eigenvalue weighted by molar-refractivity contribution is 5.95. The molecule has 0 fully saturated rings. The molecule has 1 amide bonds. The number of carbonyl (C=O) groups is 1. The van der Waals surface area contributed by atoms with Crippen LogP contribution in [-0.4, -0.2) is 33.0 Å². The van der Waals surface area contributed by atoms with Crippen molar-refractivity contribution in [3.63, 3.8) is 0 Å². The van der Waals surface area contributed by atoms with Crippen LogP contribution in [0.2, 0.25) is 0 Å². The number of amides is 1. The second-order valence-corrected chi connectivity index (χ2v) is 7.28. The first-order valence-electron chi connectivity index (χ1n) is 10.6. The van der Waals surface area contributed by atoms with Crippen molar-refractivity contribution in [1.29, 1.82) is 0 Å². The minimum absolute atomic E-state index is 0.195. The Balaban J connectivity index is 1.38. The van der Waals surface area contributed by atoms with Crippen LogP contribution in [0.15, 0.2) is 65.4 Å². The molecule has 0 spiro atoms. The van der Waals surface area contributed by atoms with E-state index < -0.39 is 0 Å². The number of furan rings is 1. The first-order chi connectivity index (χ1) is 16.2. The highest BCUT2D eigenvalue weighted by Crippen LogP contribution is 2.16. The van der Waals surface area contributed by atoms with Crippen LogP contribution in [0, 0.1) is 0 Å². The van der Waals surface area contributed by atoms with Gasteiger partial charge in [0.2, 0.25) is 5.88 Å². The number of nitrogens with one attached hydrogen (secondary N) is 1. The fourth-order valence-electron chi connectivity index (χ4n) is 3.41. The van der Waals surface area contributed by atoms with E-state index in [0.29, 0.717) is 43.4 Å². The molecule has 0 radical (unpaired) electrons. The van der Waals surface area contributed by atoms with Crippen molar-refractivity contribution in [3.8, 4) is 11.7 Å². The van der Waals surface area contributed by atoms with E-state index in [-0.39, 0.29) is 5.91 Å². The van der Waals surface area contributed by atoms with Crippen molar-refractivity contribution in [2.24, 2.45) is 0 Å². The van der Waals surface area contributed by atoms with Crippen LogP contribution < -0.4 is 10.1 Å². The van der Waals surface area contributed by atoms with Gasteiger partial charge in [-0.1, -0.05) is 31.2 Å². The fourth-order valence-corrected chi connectivity index (χ4v) is 3.41. The number of rotatable bonds is 10. The summed E-state index contributed by atoms with van der Waals surface area (Å²) in [7, 11) is 1.53. The SMILES string of the molecule is CCc1c(C(=O)NCc2cccc(COCc3ccco3)c2)cnn1-c1ccc(OC)nn1. The summed E-state index contributed by atoms with van der Waals surface area (Å²) in [6.07, 6.45) is 3.79. The first kappa shape index (κ1) is 22.2. The molecule has 9 heteroatoms. The summed E-state index contributed by atoms with van der Waals surface area (Å²) in [5.74, 6) is 1.52. The summed E-state index contributed by atoms with van der Waals surface area (Å²) in [6, 6.07) is 15.1. The second-order valence-electron chi connectivity index (χ2n) is 7.28. The minimum atomic E-state index is -0.195. The zero-order valence-electron chi connectivity index (χ0n) is 18.5. The highest BCUT2D eigenvalue weighted by Gasteiger charge is 2.18. The second kappa shape index (κ2) is 10.6. The molecule has 4 rings (SSSR count). The van der Waals surface area contributed by atoms with E-state index in [1.54, 1.807) is 29.3 Å². The molecule has 0 unspecified atom stereocenters. The molecule has 9 nitrogen and oxygen atoms in total. The lowest BCUT2D eigenvalue weighted by molar-refractivity contribution is 0.0928. The maximum Gasteiger partial charge on any atom is 0.255 e. The molecule has 1 N–H and O–H groups in total. The Morgan fingerprint density at radius 3 is 2.70 bits per heavy atom. The molecule has 0 bridgehead atoms. The Hall–Kier alpha value is -3.98. The zero-order valence-corrected chi connectivity index (χ0v) is 18.5. The number of carbonyl (C=O) groups excluding carboxylic acids is 1. The normalized spacial score (nSPS) is 10.8. The van der Waals surface area contributed by atoms with Crippen LogP contribution in [0.5, 0.6) is 5.88 Å². The third kappa shape index (κ3) is 5.45. The molecule has 4 aromatic rings. The Labute approximate surface area is 191 Å². The monoisotopic (exact) mass is 447 g/mol. The van der Waals surface area contributed by atoms with Crippen molar-refractivity contribution in [3.05, 3.63) is 89.1 Å². The summed E-state index contributed by atoms with van der Waals surface area (Å²) >= 11 is 0. The number of nitrogens with zero attached hydrogens (tertiary/aromatic N) is 4. The minimum Gasteiger partial charge on any atom is -0.480 e. The molecule has 0 saturated heterocycles. The highest BCUT2D eigenvalue weighted by atomic mass is 16.5. The van der Waals surface area contributed by atoms with E-state index >= 15 is 0 Å². The van der Waals surface area contributed by atoms with Gasteiger partial charge in [-0.3, -0.25) is 4.79 Å². The van der Waals surface area contributed by atoms with E-state index in [4.69, 9.17) is 13.9 Å². The zero-order chi connectivity index (χ0) is 23.0. The summed E-state index contributed by atoms with van der Waals surface area (Å²) in [6.45, 7) is 3.23.